The standard InChI is InChI=1S/C13H18N4O4/c1-8-10-11(17(3-5-18)4-6-19)9(13(20)21)7-14-12(10)16(2)15-8/h7,18-19H,3-6H2,1-2H3,(H,20,21). The molecule has 2 heterocycles. The van der Waals surface area contributed by atoms with Gasteiger partial charge in [-0.05, 0) is 6.92 Å². The van der Waals surface area contributed by atoms with Crippen molar-refractivity contribution >= 4 is 22.7 Å². The number of aliphatic hydroxyl groups is 2. The van der Waals surface area contributed by atoms with E-state index in [9.17, 15) is 20.1 Å². The molecule has 0 aromatic carbocycles. The largest absolute Gasteiger partial charge is 0.478 e. The van der Waals surface area contributed by atoms with Crippen LogP contribution in [0, 0.1) is 6.92 Å². The number of aromatic carboxylic acids is 1. The molecule has 3 N–H and O–H groups in total. The second-order valence-electron chi connectivity index (χ2n) is 4.67. The Morgan fingerprint density at radius 3 is 2.48 bits per heavy atom. The van der Waals surface area contributed by atoms with E-state index in [1.54, 1.807) is 23.6 Å². The number of nitrogens with zero attached hydrogens (tertiary/aromatic N) is 4. The van der Waals surface area contributed by atoms with Crippen LogP contribution in [0.3, 0.4) is 0 Å². The topological polar surface area (TPSA) is 112 Å². The van der Waals surface area contributed by atoms with Gasteiger partial charge in [-0.15, -0.1) is 0 Å². The van der Waals surface area contributed by atoms with Crippen LogP contribution in [0.1, 0.15) is 16.1 Å². The third kappa shape index (κ3) is 2.67. The molecule has 0 bridgehead atoms. The maximum atomic E-state index is 11.5. The minimum atomic E-state index is -1.11. The minimum Gasteiger partial charge on any atom is -0.478 e. The summed E-state index contributed by atoms with van der Waals surface area (Å²) < 4.78 is 1.58. The smallest absolute Gasteiger partial charge is 0.339 e. The minimum absolute atomic E-state index is 0.0282. The first kappa shape index (κ1) is 15.2. The Balaban J connectivity index is 2.76. The number of carboxylic acid groups (broad SMARTS) is 1. The monoisotopic (exact) mass is 294 g/mol. The second-order valence-corrected chi connectivity index (χ2v) is 4.67. The van der Waals surface area contributed by atoms with Crippen LogP contribution in [0.15, 0.2) is 6.20 Å². The van der Waals surface area contributed by atoms with Crippen LogP contribution >= 0.6 is 0 Å². The molecule has 0 aliphatic carbocycles. The van der Waals surface area contributed by atoms with Gasteiger partial charge in [0.15, 0.2) is 5.65 Å². The Hall–Kier alpha value is -2.19. The Morgan fingerprint density at radius 1 is 1.33 bits per heavy atom. The number of fused-ring (bicyclic) bond motifs is 1. The predicted octanol–water partition coefficient (Wildman–Crippen LogP) is -0.234. The number of rotatable bonds is 6. The second kappa shape index (κ2) is 6.06. The van der Waals surface area contributed by atoms with Gasteiger partial charge in [0.1, 0.15) is 5.56 Å². The molecule has 0 saturated carbocycles. The Morgan fingerprint density at radius 2 is 1.95 bits per heavy atom. The summed E-state index contributed by atoms with van der Waals surface area (Å²) in [5, 5.41) is 32.7. The molecule has 8 nitrogen and oxygen atoms in total. The van der Waals surface area contributed by atoms with E-state index in [0.29, 0.717) is 22.4 Å². The van der Waals surface area contributed by atoms with E-state index in [1.807, 2.05) is 0 Å². The van der Waals surface area contributed by atoms with Crippen molar-refractivity contribution in [2.75, 3.05) is 31.2 Å². The maximum Gasteiger partial charge on any atom is 0.339 e. The Kier molecular flexibility index (Phi) is 4.39. The van der Waals surface area contributed by atoms with Crippen molar-refractivity contribution in [1.29, 1.82) is 0 Å². The number of carbonyl (C=O) groups is 1. The summed E-state index contributed by atoms with van der Waals surface area (Å²) in [6, 6.07) is 0. The van der Waals surface area contributed by atoms with Crippen LogP contribution in [0.25, 0.3) is 11.0 Å². The number of hydrogen-bond acceptors (Lipinski definition) is 6. The molecule has 0 fully saturated rings. The number of anilines is 1. The van der Waals surface area contributed by atoms with E-state index < -0.39 is 5.97 Å². The van der Waals surface area contributed by atoms with Gasteiger partial charge in [0.05, 0.1) is 30.0 Å². The van der Waals surface area contributed by atoms with E-state index in [1.165, 1.54) is 6.20 Å². The van der Waals surface area contributed by atoms with E-state index in [2.05, 4.69) is 10.1 Å². The van der Waals surface area contributed by atoms with Gasteiger partial charge in [-0.2, -0.15) is 5.10 Å². The molecule has 0 amide bonds. The fourth-order valence-electron chi connectivity index (χ4n) is 2.45. The lowest BCUT2D eigenvalue weighted by Crippen LogP contribution is -2.31. The summed E-state index contributed by atoms with van der Waals surface area (Å²) in [6.45, 7) is 1.90. The average molecular weight is 294 g/mol. The normalized spacial score (nSPS) is 11.0. The molecule has 0 saturated heterocycles. The molecule has 0 aliphatic heterocycles. The van der Waals surface area contributed by atoms with Crippen molar-refractivity contribution in [3.63, 3.8) is 0 Å². The first-order valence-electron chi connectivity index (χ1n) is 6.53. The van der Waals surface area contributed by atoms with Gasteiger partial charge in [0, 0.05) is 26.3 Å². The number of aryl methyl sites for hydroxylation is 2. The molecular weight excluding hydrogens is 276 g/mol. The van der Waals surface area contributed by atoms with E-state index in [-0.39, 0.29) is 31.9 Å². The highest BCUT2D eigenvalue weighted by molar-refractivity contribution is 6.04. The highest BCUT2D eigenvalue weighted by Gasteiger charge is 2.23. The van der Waals surface area contributed by atoms with Gasteiger partial charge in [0.25, 0.3) is 0 Å². The third-order valence-electron chi connectivity index (χ3n) is 3.29. The van der Waals surface area contributed by atoms with Gasteiger partial charge in [0.2, 0.25) is 0 Å². The van der Waals surface area contributed by atoms with Crippen molar-refractivity contribution in [2.45, 2.75) is 6.92 Å². The van der Waals surface area contributed by atoms with Crippen LogP contribution in [0.4, 0.5) is 5.69 Å². The zero-order valence-corrected chi connectivity index (χ0v) is 11.9. The quantitative estimate of drug-likeness (QED) is 0.674. The summed E-state index contributed by atoms with van der Waals surface area (Å²) in [7, 11) is 1.73. The average Bonchev–Trinajstić information content (AvgIpc) is 2.73. The predicted molar refractivity (Wildman–Crippen MR) is 76.6 cm³/mol. The summed E-state index contributed by atoms with van der Waals surface area (Å²) in [6.07, 6.45) is 1.28. The summed E-state index contributed by atoms with van der Waals surface area (Å²) >= 11 is 0. The molecule has 0 unspecified atom stereocenters. The SMILES string of the molecule is Cc1nn(C)c2ncc(C(=O)O)c(N(CCO)CCO)c12. The molecule has 0 aliphatic rings. The van der Waals surface area contributed by atoms with E-state index in [0.717, 1.165) is 0 Å². The number of aliphatic hydroxyl groups excluding tert-OH is 2. The number of carboxylic acids is 1. The fourth-order valence-corrected chi connectivity index (χ4v) is 2.45. The molecule has 21 heavy (non-hydrogen) atoms. The molecule has 2 rings (SSSR count). The van der Waals surface area contributed by atoms with Gasteiger partial charge in [-0.3, -0.25) is 4.68 Å². The highest BCUT2D eigenvalue weighted by Crippen LogP contribution is 2.31. The molecule has 0 radical (unpaired) electrons. The van der Waals surface area contributed by atoms with Crippen molar-refractivity contribution in [1.82, 2.24) is 14.8 Å². The van der Waals surface area contributed by atoms with Gasteiger partial charge in [-0.1, -0.05) is 0 Å². The third-order valence-corrected chi connectivity index (χ3v) is 3.29. The molecule has 114 valence electrons. The van der Waals surface area contributed by atoms with Crippen LogP contribution < -0.4 is 4.90 Å². The zero-order valence-electron chi connectivity index (χ0n) is 11.9. The lowest BCUT2D eigenvalue weighted by atomic mass is 10.1. The highest BCUT2D eigenvalue weighted by atomic mass is 16.4. The molecule has 2 aromatic rings. The molecule has 0 atom stereocenters. The lowest BCUT2D eigenvalue weighted by molar-refractivity contribution is 0.0697. The van der Waals surface area contributed by atoms with Gasteiger partial charge < -0.3 is 20.2 Å². The number of aromatic nitrogens is 3. The van der Waals surface area contributed by atoms with Crippen LogP contribution in [-0.2, 0) is 7.05 Å². The van der Waals surface area contributed by atoms with Crippen LogP contribution in [-0.4, -0.2) is 62.4 Å². The zero-order chi connectivity index (χ0) is 15.6. The summed E-state index contributed by atoms with van der Waals surface area (Å²) in [4.78, 5) is 17.3. The van der Waals surface area contributed by atoms with Crippen molar-refractivity contribution < 1.29 is 20.1 Å². The number of pyridine rings is 1. The van der Waals surface area contributed by atoms with Crippen molar-refractivity contribution in [2.24, 2.45) is 7.05 Å². The van der Waals surface area contributed by atoms with E-state index in [4.69, 9.17) is 0 Å². The maximum absolute atomic E-state index is 11.5. The number of hydrogen-bond donors (Lipinski definition) is 3. The van der Waals surface area contributed by atoms with Gasteiger partial charge >= 0.3 is 5.97 Å². The Bertz CT molecular complexity index is 662. The lowest BCUT2D eigenvalue weighted by Gasteiger charge is -2.25. The summed E-state index contributed by atoms with van der Waals surface area (Å²) in [5.41, 5.74) is 1.68. The first-order valence-corrected chi connectivity index (χ1v) is 6.53. The molecular formula is C13H18N4O4. The Labute approximate surface area is 121 Å². The fraction of sp³-hybridized carbons (Fsp3) is 0.462. The van der Waals surface area contributed by atoms with Crippen molar-refractivity contribution in [3.05, 3.63) is 17.5 Å². The van der Waals surface area contributed by atoms with Crippen molar-refractivity contribution in [3.8, 4) is 0 Å². The van der Waals surface area contributed by atoms with Crippen LogP contribution in [0.2, 0.25) is 0 Å². The first-order chi connectivity index (χ1) is 10.0. The van der Waals surface area contributed by atoms with Crippen LogP contribution in [0.5, 0.6) is 0 Å². The molecule has 2 aromatic heterocycles. The van der Waals surface area contributed by atoms with Gasteiger partial charge in [-0.25, -0.2) is 9.78 Å². The molecule has 0 spiro atoms. The van der Waals surface area contributed by atoms with E-state index >= 15 is 0 Å². The molecule has 8 heteroatoms. The summed E-state index contributed by atoms with van der Waals surface area (Å²) in [5.74, 6) is -1.11.